The van der Waals surface area contributed by atoms with E-state index in [2.05, 4.69) is 5.32 Å². The lowest BCUT2D eigenvalue weighted by Crippen LogP contribution is -2.39. The van der Waals surface area contributed by atoms with Crippen molar-refractivity contribution in [3.8, 4) is 0 Å². The van der Waals surface area contributed by atoms with Crippen LogP contribution in [-0.2, 0) is 16.1 Å². The zero-order valence-corrected chi connectivity index (χ0v) is 11.0. The van der Waals surface area contributed by atoms with Crippen LogP contribution in [0.15, 0.2) is 30.3 Å². The molecule has 0 aromatic heterocycles. The van der Waals surface area contributed by atoms with Gasteiger partial charge in [0.1, 0.15) is 6.61 Å². The van der Waals surface area contributed by atoms with Gasteiger partial charge in [0.2, 0.25) is 0 Å². The zero-order valence-electron chi connectivity index (χ0n) is 11.0. The fourth-order valence-electron chi connectivity index (χ4n) is 3.01. The molecule has 2 fully saturated rings. The van der Waals surface area contributed by atoms with Crippen molar-refractivity contribution in [2.75, 3.05) is 0 Å². The highest BCUT2D eigenvalue weighted by Crippen LogP contribution is 2.63. The first-order valence-electron chi connectivity index (χ1n) is 6.79. The Morgan fingerprint density at radius 3 is 2.60 bits per heavy atom. The molecule has 1 unspecified atom stereocenters. The van der Waals surface area contributed by atoms with Crippen LogP contribution in [0.4, 0.5) is 4.79 Å². The molecule has 2 aliphatic rings. The van der Waals surface area contributed by atoms with E-state index in [-0.39, 0.29) is 24.0 Å². The highest BCUT2D eigenvalue weighted by atomic mass is 16.5. The van der Waals surface area contributed by atoms with Crippen molar-refractivity contribution >= 4 is 12.1 Å². The van der Waals surface area contributed by atoms with Gasteiger partial charge in [-0.25, -0.2) is 4.79 Å². The van der Waals surface area contributed by atoms with Crippen LogP contribution in [0.25, 0.3) is 0 Å². The SMILES string of the molecule is O=C(NC1CC12CC(C(=O)O)C2)OCc1ccccc1. The molecule has 106 valence electrons. The van der Waals surface area contributed by atoms with Gasteiger partial charge in [-0.05, 0) is 30.2 Å². The molecule has 5 heteroatoms. The lowest BCUT2D eigenvalue weighted by atomic mass is 9.71. The topological polar surface area (TPSA) is 75.6 Å². The lowest BCUT2D eigenvalue weighted by molar-refractivity contribution is -0.147. The van der Waals surface area contributed by atoms with Crippen molar-refractivity contribution in [2.45, 2.75) is 31.9 Å². The van der Waals surface area contributed by atoms with Gasteiger partial charge >= 0.3 is 12.1 Å². The Labute approximate surface area is 116 Å². The molecule has 1 aromatic carbocycles. The number of hydrogen-bond donors (Lipinski definition) is 2. The van der Waals surface area contributed by atoms with E-state index in [0.717, 1.165) is 12.0 Å². The third-order valence-electron chi connectivity index (χ3n) is 4.35. The Morgan fingerprint density at radius 2 is 1.95 bits per heavy atom. The molecule has 2 N–H and O–H groups in total. The number of alkyl carbamates (subject to hydrolysis) is 1. The monoisotopic (exact) mass is 275 g/mol. The van der Waals surface area contributed by atoms with E-state index in [1.54, 1.807) is 0 Å². The van der Waals surface area contributed by atoms with E-state index in [1.807, 2.05) is 30.3 Å². The van der Waals surface area contributed by atoms with Crippen molar-refractivity contribution < 1.29 is 19.4 Å². The number of carboxylic acid groups (broad SMARTS) is 1. The van der Waals surface area contributed by atoms with E-state index in [1.165, 1.54) is 0 Å². The Balaban J connectivity index is 1.40. The maximum absolute atomic E-state index is 11.7. The maximum atomic E-state index is 11.7. The highest BCUT2D eigenvalue weighted by molar-refractivity contribution is 5.73. The van der Waals surface area contributed by atoms with Crippen LogP contribution >= 0.6 is 0 Å². The zero-order chi connectivity index (χ0) is 14.2. The van der Waals surface area contributed by atoms with Gasteiger partial charge in [0.05, 0.1) is 5.92 Å². The number of amides is 1. The fraction of sp³-hybridized carbons (Fsp3) is 0.467. The van der Waals surface area contributed by atoms with Crippen LogP contribution < -0.4 is 5.32 Å². The molecular formula is C15H17NO4. The Bertz CT molecular complexity index is 522. The quantitative estimate of drug-likeness (QED) is 0.883. The van der Waals surface area contributed by atoms with Gasteiger partial charge in [-0.3, -0.25) is 4.79 Å². The molecule has 1 amide bonds. The number of ether oxygens (including phenoxy) is 1. The maximum Gasteiger partial charge on any atom is 0.407 e. The number of rotatable bonds is 4. The summed E-state index contributed by atoms with van der Waals surface area (Å²) in [4.78, 5) is 22.4. The van der Waals surface area contributed by atoms with E-state index in [4.69, 9.17) is 9.84 Å². The molecule has 20 heavy (non-hydrogen) atoms. The van der Waals surface area contributed by atoms with Crippen molar-refractivity contribution in [3.05, 3.63) is 35.9 Å². The molecule has 0 heterocycles. The van der Waals surface area contributed by atoms with Crippen LogP contribution in [-0.4, -0.2) is 23.2 Å². The largest absolute Gasteiger partial charge is 0.481 e. The van der Waals surface area contributed by atoms with E-state index >= 15 is 0 Å². The Hall–Kier alpha value is -2.04. The van der Waals surface area contributed by atoms with Gasteiger partial charge in [-0.2, -0.15) is 0 Å². The number of carbonyl (C=O) groups excluding carboxylic acids is 1. The first-order chi connectivity index (χ1) is 9.59. The summed E-state index contributed by atoms with van der Waals surface area (Å²) in [5, 5.41) is 11.7. The summed E-state index contributed by atoms with van der Waals surface area (Å²) in [6.45, 7) is 0.254. The standard InChI is InChI=1S/C15H17NO4/c17-13(18)11-6-15(7-11)8-12(15)16-14(19)20-9-10-4-2-1-3-5-10/h1-5,11-12H,6-9H2,(H,16,19)(H,17,18). The highest BCUT2D eigenvalue weighted by Gasteiger charge is 2.63. The van der Waals surface area contributed by atoms with E-state index < -0.39 is 12.1 Å². The van der Waals surface area contributed by atoms with E-state index in [9.17, 15) is 9.59 Å². The third-order valence-corrected chi connectivity index (χ3v) is 4.35. The minimum Gasteiger partial charge on any atom is -0.481 e. The molecule has 0 aliphatic heterocycles. The molecule has 1 spiro atoms. The molecule has 0 saturated heterocycles. The van der Waals surface area contributed by atoms with Gasteiger partial charge in [0.15, 0.2) is 0 Å². The average molecular weight is 275 g/mol. The predicted molar refractivity (Wildman–Crippen MR) is 71.0 cm³/mol. The van der Waals surface area contributed by atoms with Gasteiger partial charge in [-0.15, -0.1) is 0 Å². The van der Waals surface area contributed by atoms with Crippen LogP contribution in [0.2, 0.25) is 0 Å². The Kier molecular flexibility index (Phi) is 3.12. The van der Waals surface area contributed by atoms with Crippen LogP contribution in [0.5, 0.6) is 0 Å². The number of aliphatic carboxylic acids is 1. The smallest absolute Gasteiger partial charge is 0.407 e. The van der Waals surface area contributed by atoms with Gasteiger partial charge < -0.3 is 15.2 Å². The summed E-state index contributed by atoms with van der Waals surface area (Å²) in [7, 11) is 0. The van der Waals surface area contributed by atoms with Crippen LogP contribution in [0, 0.1) is 11.3 Å². The van der Waals surface area contributed by atoms with Gasteiger partial charge in [0, 0.05) is 6.04 Å². The van der Waals surface area contributed by atoms with Gasteiger partial charge in [-0.1, -0.05) is 30.3 Å². The summed E-state index contributed by atoms with van der Waals surface area (Å²) >= 11 is 0. The number of carbonyl (C=O) groups is 2. The number of hydrogen-bond acceptors (Lipinski definition) is 3. The molecule has 2 aliphatic carbocycles. The minimum atomic E-state index is -0.729. The van der Waals surface area contributed by atoms with Crippen molar-refractivity contribution in [2.24, 2.45) is 11.3 Å². The molecule has 0 bridgehead atoms. The number of nitrogens with one attached hydrogen (secondary N) is 1. The Morgan fingerprint density at radius 1 is 1.25 bits per heavy atom. The normalized spacial score (nSPS) is 30.4. The second-order valence-corrected chi connectivity index (χ2v) is 5.77. The fourth-order valence-corrected chi connectivity index (χ4v) is 3.01. The number of carboxylic acids is 1. The molecule has 2 saturated carbocycles. The average Bonchev–Trinajstić information content (AvgIpc) is 3.10. The molecule has 0 radical (unpaired) electrons. The van der Waals surface area contributed by atoms with Gasteiger partial charge in [0.25, 0.3) is 0 Å². The summed E-state index contributed by atoms with van der Waals surface area (Å²) in [5.74, 6) is -0.963. The summed E-state index contributed by atoms with van der Waals surface area (Å²) in [5.41, 5.74) is 0.984. The molecule has 5 nitrogen and oxygen atoms in total. The molecular weight excluding hydrogens is 258 g/mol. The number of benzene rings is 1. The predicted octanol–water partition coefficient (Wildman–Crippen LogP) is 2.17. The second kappa shape index (κ2) is 4.81. The summed E-state index contributed by atoms with van der Waals surface area (Å²) in [6, 6.07) is 9.58. The van der Waals surface area contributed by atoms with Crippen LogP contribution in [0.3, 0.4) is 0 Å². The molecule has 1 atom stereocenters. The van der Waals surface area contributed by atoms with Crippen LogP contribution in [0.1, 0.15) is 24.8 Å². The first-order valence-corrected chi connectivity index (χ1v) is 6.79. The first kappa shape index (κ1) is 13.0. The third kappa shape index (κ3) is 2.48. The van der Waals surface area contributed by atoms with Crippen molar-refractivity contribution in [1.82, 2.24) is 5.32 Å². The molecule has 3 rings (SSSR count). The van der Waals surface area contributed by atoms with Crippen molar-refractivity contribution in [3.63, 3.8) is 0 Å². The lowest BCUT2D eigenvalue weighted by Gasteiger charge is -2.33. The summed E-state index contributed by atoms with van der Waals surface area (Å²) < 4.78 is 5.15. The molecule has 1 aromatic rings. The minimum absolute atomic E-state index is 0.0365. The van der Waals surface area contributed by atoms with E-state index in [0.29, 0.717) is 12.8 Å². The van der Waals surface area contributed by atoms with Crippen molar-refractivity contribution in [1.29, 1.82) is 0 Å². The second-order valence-electron chi connectivity index (χ2n) is 5.77. The summed E-state index contributed by atoms with van der Waals surface area (Å²) in [6.07, 6.45) is 1.80.